The van der Waals surface area contributed by atoms with Gasteiger partial charge in [-0.25, -0.2) is 0 Å². The maximum atomic E-state index is 5.43. The van der Waals surface area contributed by atoms with E-state index in [4.69, 9.17) is 30.2 Å². The van der Waals surface area contributed by atoms with Gasteiger partial charge in [0.2, 0.25) is 0 Å². The number of nitrogens with two attached hydrogens (primary N) is 1. The van der Waals surface area contributed by atoms with Crippen LogP contribution in [0.4, 0.5) is 5.69 Å². The van der Waals surface area contributed by atoms with E-state index >= 15 is 0 Å². The molecule has 0 aliphatic carbocycles. The predicted octanol–water partition coefficient (Wildman–Crippen LogP) is 2.66. The van der Waals surface area contributed by atoms with Gasteiger partial charge >= 0.3 is 0 Å². The highest BCUT2D eigenvalue weighted by Gasteiger charge is 2.10. The number of anilines is 1. The van der Waals surface area contributed by atoms with Crippen LogP contribution < -0.4 is 16.5 Å². The SMILES string of the molecule is NC(=S)NN=C(C(=S)Nc1ccccc1)c1ccccc1. The van der Waals surface area contributed by atoms with E-state index in [1.54, 1.807) is 0 Å². The van der Waals surface area contributed by atoms with E-state index in [9.17, 15) is 0 Å². The van der Waals surface area contributed by atoms with Crippen molar-refractivity contribution in [2.24, 2.45) is 10.8 Å². The molecule has 4 nitrogen and oxygen atoms in total. The third kappa shape index (κ3) is 4.62. The molecule has 2 rings (SSSR count). The van der Waals surface area contributed by atoms with E-state index < -0.39 is 0 Å². The minimum atomic E-state index is 0.0888. The van der Waals surface area contributed by atoms with Crippen LogP contribution in [0.25, 0.3) is 0 Å². The summed E-state index contributed by atoms with van der Waals surface area (Å²) in [5.41, 5.74) is 10.3. The average molecular weight is 314 g/mol. The maximum Gasteiger partial charge on any atom is 0.184 e. The van der Waals surface area contributed by atoms with Gasteiger partial charge in [0.15, 0.2) is 5.11 Å². The topological polar surface area (TPSA) is 62.4 Å². The third-order valence-corrected chi connectivity index (χ3v) is 2.96. The van der Waals surface area contributed by atoms with Crippen molar-refractivity contribution in [2.75, 3.05) is 5.32 Å². The number of hydrogen-bond acceptors (Lipinski definition) is 3. The number of benzene rings is 2. The second-order valence-electron chi connectivity index (χ2n) is 4.12. The van der Waals surface area contributed by atoms with Crippen molar-refractivity contribution < 1.29 is 0 Å². The number of nitrogens with zero attached hydrogens (tertiary/aromatic N) is 1. The molecule has 0 aliphatic rings. The minimum absolute atomic E-state index is 0.0888. The third-order valence-electron chi connectivity index (χ3n) is 2.57. The van der Waals surface area contributed by atoms with Crippen molar-refractivity contribution in [3.05, 3.63) is 66.2 Å². The van der Waals surface area contributed by atoms with E-state index in [0.29, 0.717) is 10.7 Å². The lowest BCUT2D eigenvalue weighted by Gasteiger charge is -2.11. The smallest absolute Gasteiger partial charge is 0.184 e. The van der Waals surface area contributed by atoms with E-state index in [2.05, 4.69) is 15.8 Å². The van der Waals surface area contributed by atoms with Crippen molar-refractivity contribution in [1.82, 2.24) is 5.43 Å². The Bertz CT molecular complexity index is 654. The molecule has 0 amide bonds. The predicted molar refractivity (Wildman–Crippen MR) is 95.6 cm³/mol. The van der Waals surface area contributed by atoms with Crippen LogP contribution in [0.2, 0.25) is 0 Å². The Balaban J connectivity index is 2.25. The van der Waals surface area contributed by atoms with E-state index in [1.165, 1.54) is 0 Å². The number of hydrazone groups is 1. The molecule has 21 heavy (non-hydrogen) atoms. The fourth-order valence-electron chi connectivity index (χ4n) is 1.67. The molecule has 6 heteroatoms. The number of para-hydroxylation sites is 1. The highest BCUT2D eigenvalue weighted by Crippen LogP contribution is 2.09. The monoisotopic (exact) mass is 314 g/mol. The normalized spacial score (nSPS) is 10.8. The molecule has 0 unspecified atom stereocenters. The van der Waals surface area contributed by atoms with Gasteiger partial charge in [0.05, 0.1) is 0 Å². The second-order valence-corrected chi connectivity index (χ2v) is 4.97. The molecule has 0 atom stereocenters. The Labute approximate surface area is 134 Å². The van der Waals surface area contributed by atoms with Gasteiger partial charge in [-0.05, 0) is 24.4 Å². The van der Waals surface area contributed by atoms with Crippen LogP contribution >= 0.6 is 24.4 Å². The van der Waals surface area contributed by atoms with Gasteiger partial charge < -0.3 is 11.1 Å². The highest BCUT2D eigenvalue weighted by molar-refractivity contribution is 7.82. The van der Waals surface area contributed by atoms with Crippen molar-refractivity contribution in [3.63, 3.8) is 0 Å². The highest BCUT2D eigenvalue weighted by atomic mass is 32.1. The van der Waals surface area contributed by atoms with E-state index in [0.717, 1.165) is 11.3 Å². The molecule has 0 saturated heterocycles. The minimum Gasteiger partial charge on any atom is -0.375 e. The summed E-state index contributed by atoms with van der Waals surface area (Å²) in [6, 6.07) is 19.2. The van der Waals surface area contributed by atoms with Gasteiger partial charge in [0.25, 0.3) is 0 Å². The van der Waals surface area contributed by atoms with E-state index in [1.807, 2.05) is 60.7 Å². The van der Waals surface area contributed by atoms with Crippen LogP contribution in [0.5, 0.6) is 0 Å². The Morgan fingerprint density at radius 3 is 2.05 bits per heavy atom. The standard InChI is InChI=1S/C15H14N4S2/c16-15(21)19-18-13(11-7-3-1-4-8-11)14(20)17-12-9-5-2-6-10-12/h1-10H,(H,17,20)(H3,16,19,21). The first-order chi connectivity index (χ1) is 10.2. The van der Waals surface area contributed by atoms with Crippen LogP contribution in [0.15, 0.2) is 65.8 Å². The Kier molecular flexibility index (Phi) is 5.36. The molecule has 2 aromatic carbocycles. The summed E-state index contributed by atoms with van der Waals surface area (Å²) in [6.45, 7) is 0. The zero-order valence-electron chi connectivity index (χ0n) is 11.1. The first-order valence-corrected chi connectivity index (χ1v) is 7.03. The van der Waals surface area contributed by atoms with Crippen LogP contribution in [-0.2, 0) is 0 Å². The lowest BCUT2D eigenvalue weighted by atomic mass is 10.1. The van der Waals surface area contributed by atoms with Crippen LogP contribution in [0.1, 0.15) is 5.56 Å². The lowest BCUT2D eigenvalue weighted by molar-refractivity contribution is 1.04. The molecular formula is C15H14N4S2. The van der Waals surface area contributed by atoms with Crippen molar-refractivity contribution in [1.29, 1.82) is 0 Å². The molecular weight excluding hydrogens is 300 g/mol. The summed E-state index contributed by atoms with van der Waals surface area (Å²) in [4.78, 5) is 0.483. The van der Waals surface area contributed by atoms with Gasteiger partial charge in [-0.1, -0.05) is 60.7 Å². The Morgan fingerprint density at radius 2 is 1.48 bits per heavy atom. The average Bonchev–Trinajstić information content (AvgIpc) is 2.49. The van der Waals surface area contributed by atoms with Crippen LogP contribution in [-0.4, -0.2) is 15.8 Å². The summed E-state index contributed by atoms with van der Waals surface area (Å²) < 4.78 is 0. The summed E-state index contributed by atoms with van der Waals surface area (Å²) >= 11 is 10.2. The van der Waals surface area contributed by atoms with Gasteiger partial charge in [-0.3, -0.25) is 5.43 Å². The number of nitrogens with one attached hydrogen (secondary N) is 2. The summed E-state index contributed by atoms with van der Waals surface area (Å²) in [6.07, 6.45) is 0. The van der Waals surface area contributed by atoms with Gasteiger partial charge in [-0.15, -0.1) is 0 Å². The van der Waals surface area contributed by atoms with Crippen LogP contribution in [0.3, 0.4) is 0 Å². The molecule has 2 aromatic rings. The lowest BCUT2D eigenvalue weighted by Crippen LogP contribution is -2.29. The van der Waals surface area contributed by atoms with Crippen molar-refractivity contribution in [2.45, 2.75) is 0 Å². The number of thiocarbonyl (C=S) groups is 2. The molecule has 4 N–H and O–H groups in total. The second kappa shape index (κ2) is 7.47. The molecule has 0 aliphatic heterocycles. The van der Waals surface area contributed by atoms with Gasteiger partial charge in [0.1, 0.15) is 10.7 Å². The fraction of sp³-hybridized carbons (Fsp3) is 0. The summed E-state index contributed by atoms with van der Waals surface area (Å²) in [5, 5.41) is 7.42. The Morgan fingerprint density at radius 1 is 0.905 bits per heavy atom. The quantitative estimate of drug-likeness (QED) is 0.460. The molecule has 0 spiro atoms. The number of hydrogen-bond donors (Lipinski definition) is 3. The molecule has 0 fully saturated rings. The molecule has 0 heterocycles. The summed E-state index contributed by atoms with van der Waals surface area (Å²) in [7, 11) is 0. The molecule has 0 bridgehead atoms. The summed E-state index contributed by atoms with van der Waals surface area (Å²) in [5.74, 6) is 0. The Hall–Kier alpha value is -2.31. The van der Waals surface area contributed by atoms with Crippen molar-refractivity contribution in [3.8, 4) is 0 Å². The zero-order valence-corrected chi connectivity index (χ0v) is 12.7. The van der Waals surface area contributed by atoms with E-state index in [-0.39, 0.29) is 5.11 Å². The van der Waals surface area contributed by atoms with Gasteiger partial charge in [0, 0.05) is 11.3 Å². The molecule has 0 radical (unpaired) electrons. The fourth-order valence-corrected chi connectivity index (χ4v) is 1.99. The maximum absolute atomic E-state index is 5.43. The molecule has 0 aromatic heterocycles. The van der Waals surface area contributed by atoms with Crippen molar-refractivity contribution >= 4 is 45.9 Å². The molecule has 0 saturated carbocycles. The molecule has 106 valence electrons. The van der Waals surface area contributed by atoms with Crippen LogP contribution in [0, 0.1) is 0 Å². The largest absolute Gasteiger partial charge is 0.375 e. The van der Waals surface area contributed by atoms with Gasteiger partial charge in [-0.2, -0.15) is 5.10 Å². The zero-order chi connectivity index (χ0) is 15.1. The first-order valence-electron chi connectivity index (χ1n) is 6.22. The number of rotatable bonds is 4. The first kappa shape index (κ1) is 15.1.